The Morgan fingerprint density at radius 2 is 2.29 bits per heavy atom. The maximum atomic E-state index is 11.8. The molecular weight excluding hydrogens is 182 g/mol. The molecule has 0 saturated carbocycles. The van der Waals surface area contributed by atoms with Gasteiger partial charge in [-0.25, -0.2) is 0 Å². The predicted octanol–water partition coefficient (Wildman–Crippen LogP) is 0.460. The minimum atomic E-state index is -0.171. The van der Waals surface area contributed by atoms with E-state index >= 15 is 0 Å². The molecule has 1 unspecified atom stereocenters. The highest BCUT2D eigenvalue weighted by Crippen LogP contribution is 2.06. The fraction of sp³-hybridized carbons (Fsp3) is 0.750. The highest BCUT2D eigenvalue weighted by molar-refractivity contribution is 5.90. The zero-order valence-electron chi connectivity index (χ0n) is 8.69. The summed E-state index contributed by atoms with van der Waals surface area (Å²) in [4.78, 5) is 13.5. The van der Waals surface area contributed by atoms with Crippen molar-refractivity contribution in [1.29, 1.82) is 0 Å². The molecule has 78 valence electrons. The third-order valence-corrected chi connectivity index (χ3v) is 2.26. The number of tetrazole rings is 1. The van der Waals surface area contributed by atoms with Crippen LogP contribution in [0.1, 0.15) is 37.8 Å². The quantitative estimate of drug-likeness (QED) is 0.760. The summed E-state index contributed by atoms with van der Waals surface area (Å²) >= 11 is 0. The molecule has 0 aliphatic heterocycles. The molecule has 6 nitrogen and oxygen atoms in total. The Morgan fingerprint density at radius 3 is 2.71 bits per heavy atom. The number of hydrogen-bond acceptors (Lipinski definition) is 4. The van der Waals surface area contributed by atoms with Crippen molar-refractivity contribution in [2.45, 2.75) is 33.2 Å². The maximum absolute atomic E-state index is 11.8. The Balaban J connectivity index is 2.75. The molecule has 0 aliphatic rings. The van der Waals surface area contributed by atoms with Crippen LogP contribution in [0.2, 0.25) is 0 Å². The van der Waals surface area contributed by atoms with Gasteiger partial charge in [0.05, 0.1) is 0 Å². The standard InChI is InChI=1S/C8H15N5O/c1-4-6(3)13(5-2)8(14)7-9-11-12-10-7/h6H,4-5H2,1-3H3,(H,9,10,11,12). The van der Waals surface area contributed by atoms with Crippen LogP contribution in [0.4, 0.5) is 0 Å². The average Bonchev–Trinajstić information content (AvgIpc) is 2.71. The lowest BCUT2D eigenvalue weighted by molar-refractivity contribution is 0.0687. The minimum Gasteiger partial charge on any atom is -0.333 e. The molecule has 1 rings (SSSR count). The van der Waals surface area contributed by atoms with Crippen molar-refractivity contribution in [3.05, 3.63) is 5.82 Å². The summed E-state index contributed by atoms with van der Waals surface area (Å²) in [6.07, 6.45) is 0.914. The van der Waals surface area contributed by atoms with Gasteiger partial charge in [0.2, 0.25) is 0 Å². The van der Waals surface area contributed by atoms with Crippen LogP contribution >= 0.6 is 0 Å². The molecular formula is C8H15N5O. The van der Waals surface area contributed by atoms with Gasteiger partial charge in [0, 0.05) is 12.6 Å². The van der Waals surface area contributed by atoms with E-state index in [0.29, 0.717) is 6.54 Å². The predicted molar refractivity (Wildman–Crippen MR) is 50.6 cm³/mol. The molecule has 0 aliphatic carbocycles. The molecule has 0 aromatic carbocycles. The van der Waals surface area contributed by atoms with Crippen LogP contribution in [-0.4, -0.2) is 44.0 Å². The van der Waals surface area contributed by atoms with E-state index in [9.17, 15) is 4.79 Å². The largest absolute Gasteiger partial charge is 0.333 e. The smallest absolute Gasteiger partial charge is 0.295 e. The van der Waals surface area contributed by atoms with Crippen LogP contribution in [0.3, 0.4) is 0 Å². The fourth-order valence-electron chi connectivity index (χ4n) is 1.26. The molecule has 1 N–H and O–H groups in total. The number of aromatic nitrogens is 4. The lowest BCUT2D eigenvalue weighted by Crippen LogP contribution is -2.38. The number of rotatable bonds is 4. The van der Waals surface area contributed by atoms with Gasteiger partial charge in [-0.1, -0.05) is 6.92 Å². The number of H-pyrrole nitrogens is 1. The second-order valence-corrected chi connectivity index (χ2v) is 3.08. The first-order valence-corrected chi connectivity index (χ1v) is 4.75. The van der Waals surface area contributed by atoms with Crippen molar-refractivity contribution >= 4 is 5.91 Å². The van der Waals surface area contributed by atoms with E-state index < -0.39 is 0 Å². The molecule has 6 heteroatoms. The molecule has 0 spiro atoms. The molecule has 1 amide bonds. The number of hydrogen-bond donors (Lipinski definition) is 1. The molecule has 0 saturated heterocycles. The third kappa shape index (κ3) is 2.07. The summed E-state index contributed by atoms with van der Waals surface area (Å²) in [6.45, 7) is 6.63. The van der Waals surface area contributed by atoms with Crippen molar-refractivity contribution in [3.8, 4) is 0 Å². The summed E-state index contributed by atoms with van der Waals surface area (Å²) in [5.74, 6) is -0.0391. The van der Waals surface area contributed by atoms with Gasteiger partial charge >= 0.3 is 0 Å². The highest BCUT2D eigenvalue weighted by Gasteiger charge is 2.21. The summed E-state index contributed by atoms with van der Waals surface area (Å²) in [5, 5.41) is 13.0. The molecule has 0 bridgehead atoms. The minimum absolute atomic E-state index is 0.132. The molecule has 14 heavy (non-hydrogen) atoms. The summed E-state index contributed by atoms with van der Waals surface area (Å²) in [7, 11) is 0. The number of amides is 1. The Morgan fingerprint density at radius 1 is 1.57 bits per heavy atom. The van der Waals surface area contributed by atoms with Gasteiger partial charge in [-0.05, 0) is 25.5 Å². The van der Waals surface area contributed by atoms with Crippen LogP contribution in [0.25, 0.3) is 0 Å². The topological polar surface area (TPSA) is 74.8 Å². The maximum Gasteiger partial charge on any atom is 0.295 e. The highest BCUT2D eigenvalue weighted by atomic mass is 16.2. The molecule has 0 fully saturated rings. The summed E-state index contributed by atoms with van der Waals surface area (Å²) in [5.41, 5.74) is 0. The lowest BCUT2D eigenvalue weighted by Gasteiger charge is -2.25. The van der Waals surface area contributed by atoms with Crippen LogP contribution in [0, 0.1) is 0 Å². The van der Waals surface area contributed by atoms with Gasteiger partial charge in [-0.15, -0.1) is 10.2 Å². The second-order valence-electron chi connectivity index (χ2n) is 3.08. The van der Waals surface area contributed by atoms with E-state index in [1.165, 1.54) is 0 Å². The van der Waals surface area contributed by atoms with Gasteiger partial charge in [-0.2, -0.15) is 5.21 Å². The van der Waals surface area contributed by atoms with E-state index in [1.807, 2.05) is 20.8 Å². The molecule has 0 radical (unpaired) electrons. The van der Waals surface area contributed by atoms with Crippen molar-refractivity contribution < 1.29 is 4.79 Å². The van der Waals surface area contributed by atoms with Crippen LogP contribution < -0.4 is 0 Å². The number of nitrogens with zero attached hydrogens (tertiary/aromatic N) is 4. The first kappa shape index (κ1) is 10.6. The van der Waals surface area contributed by atoms with Gasteiger partial charge < -0.3 is 4.90 Å². The second kappa shape index (κ2) is 4.69. The van der Waals surface area contributed by atoms with Crippen molar-refractivity contribution in [2.75, 3.05) is 6.54 Å². The number of carbonyl (C=O) groups excluding carboxylic acids is 1. The SMILES string of the molecule is CCC(C)N(CC)C(=O)c1nn[nH]n1. The van der Waals surface area contributed by atoms with Crippen molar-refractivity contribution in [2.24, 2.45) is 0 Å². The fourth-order valence-corrected chi connectivity index (χ4v) is 1.26. The molecule has 1 heterocycles. The molecule has 1 atom stereocenters. The number of carbonyl (C=O) groups is 1. The van der Waals surface area contributed by atoms with Gasteiger partial charge in [0.1, 0.15) is 0 Å². The first-order chi connectivity index (χ1) is 6.70. The Kier molecular flexibility index (Phi) is 3.55. The Hall–Kier alpha value is -1.46. The number of aromatic amines is 1. The van der Waals surface area contributed by atoms with Crippen LogP contribution in [0.15, 0.2) is 0 Å². The molecule has 1 aromatic heterocycles. The first-order valence-electron chi connectivity index (χ1n) is 4.75. The monoisotopic (exact) mass is 197 g/mol. The summed E-state index contributed by atoms with van der Waals surface area (Å²) < 4.78 is 0. The van der Waals surface area contributed by atoms with Crippen molar-refractivity contribution in [1.82, 2.24) is 25.5 Å². The Bertz CT molecular complexity index is 284. The van der Waals surface area contributed by atoms with E-state index in [4.69, 9.17) is 0 Å². The van der Waals surface area contributed by atoms with E-state index in [2.05, 4.69) is 20.6 Å². The third-order valence-electron chi connectivity index (χ3n) is 2.26. The van der Waals surface area contributed by atoms with Gasteiger partial charge in [-0.3, -0.25) is 4.79 Å². The average molecular weight is 197 g/mol. The lowest BCUT2D eigenvalue weighted by atomic mass is 10.2. The Labute approximate surface area is 82.7 Å². The van der Waals surface area contributed by atoms with Crippen molar-refractivity contribution in [3.63, 3.8) is 0 Å². The van der Waals surface area contributed by atoms with Crippen LogP contribution in [-0.2, 0) is 0 Å². The van der Waals surface area contributed by atoms with Gasteiger partial charge in [0.15, 0.2) is 0 Å². The van der Waals surface area contributed by atoms with E-state index in [-0.39, 0.29) is 17.8 Å². The zero-order valence-corrected chi connectivity index (χ0v) is 8.69. The molecule has 1 aromatic rings. The van der Waals surface area contributed by atoms with Crippen LogP contribution in [0.5, 0.6) is 0 Å². The summed E-state index contributed by atoms with van der Waals surface area (Å²) in [6, 6.07) is 0.200. The van der Waals surface area contributed by atoms with Gasteiger partial charge in [0.25, 0.3) is 11.7 Å². The number of nitrogens with one attached hydrogen (secondary N) is 1. The van der Waals surface area contributed by atoms with E-state index in [1.54, 1.807) is 4.90 Å². The normalized spacial score (nSPS) is 12.5. The zero-order chi connectivity index (χ0) is 10.6. The van der Waals surface area contributed by atoms with E-state index in [0.717, 1.165) is 6.42 Å².